The molecule has 2 fully saturated rings. The maximum atomic E-state index is 12.8. The van der Waals surface area contributed by atoms with Crippen molar-refractivity contribution in [2.45, 2.75) is 25.8 Å². The standard InChI is InChI=1S/C18H24N4O3/c1-14(20-6-4-15(13-19)5-7-20)17(23)21-8-10-22(11-9-21)18(24)16-3-2-12-25-16/h2-3,12,14-15H,4-11H2,1H3. The van der Waals surface area contributed by atoms with Crippen LogP contribution >= 0.6 is 0 Å². The molecule has 25 heavy (non-hydrogen) atoms. The number of likely N-dealkylation sites (tertiary alicyclic amines) is 1. The zero-order valence-corrected chi connectivity index (χ0v) is 14.6. The van der Waals surface area contributed by atoms with Gasteiger partial charge in [0.25, 0.3) is 5.91 Å². The Morgan fingerprint density at radius 2 is 1.80 bits per heavy atom. The molecule has 134 valence electrons. The zero-order valence-electron chi connectivity index (χ0n) is 14.6. The molecule has 0 radical (unpaired) electrons. The van der Waals surface area contributed by atoms with E-state index in [-0.39, 0.29) is 23.8 Å². The number of hydrogen-bond donors (Lipinski definition) is 0. The van der Waals surface area contributed by atoms with Crippen LogP contribution in [-0.4, -0.2) is 71.8 Å². The summed E-state index contributed by atoms with van der Waals surface area (Å²) < 4.78 is 5.16. The van der Waals surface area contributed by atoms with Gasteiger partial charge in [-0.3, -0.25) is 14.5 Å². The maximum absolute atomic E-state index is 12.8. The van der Waals surface area contributed by atoms with Crippen LogP contribution in [0.4, 0.5) is 0 Å². The molecule has 0 aromatic carbocycles. The number of carbonyl (C=O) groups excluding carboxylic acids is 2. The van der Waals surface area contributed by atoms with Gasteiger partial charge in [-0.25, -0.2) is 0 Å². The van der Waals surface area contributed by atoms with Crippen LogP contribution < -0.4 is 0 Å². The smallest absolute Gasteiger partial charge is 0.289 e. The average molecular weight is 344 g/mol. The minimum atomic E-state index is -0.174. The fourth-order valence-corrected chi connectivity index (χ4v) is 3.52. The number of amides is 2. The van der Waals surface area contributed by atoms with Crippen LogP contribution in [0.3, 0.4) is 0 Å². The molecule has 7 nitrogen and oxygen atoms in total. The fraction of sp³-hybridized carbons (Fsp3) is 0.611. The van der Waals surface area contributed by atoms with Crippen LogP contribution in [0.1, 0.15) is 30.3 Å². The van der Waals surface area contributed by atoms with Gasteiger partial charge < -0.3 is 14.2 Å². The van der Waals surface area contributed by atoms with E-state index >= 15 is 0 Å². The number of nitriles is 1. The van der Waals surface area contributed by atoms with Crippen molar-refractivity contribution in [3.8, 4) is 6.07 Å². The Labute approximate surface area is 147 Å². The quantitative estimate of drug-likeness (QED) is 0.823. The molecule has 1 aromatic rings. The van der Waals surface area contributed by atoms with E-state index in [9.17, 15) is 9.59 Å². The van der Waals surface area contributed by atoms with Gasteiger partial charge in [0.05, 0.1) is 18.4 Å². The highest BCUT2D eigenvalue weighted by atomic mass is 16.3. The molecule has 0 saturated carbocycles. The van der Waals surface area contributed by atoms with Crippen LogP contribution in [0.5, 0.6) is 0 Å². The Morgan fingerprint density at radius 1 is 1.16 bits per heavy atom. The van der Waals surface area contributed by atoms with Gasteiger partial charge in [0.15, 0.2) is 5.76 Å². The summed E-state index contributed by atoms with van der Waals surface area (Å²) in [6.45, 7) is 5.66. The van der Waals surface area contributed by atoms with E-state index in [2.05, 4.69) is 11.0 Å². The Hall–Kier alpha value is -2.33. The average Bonchev–Trinajstić information content (AvgIpc) is 3.21. The molecule has 0 bridgehead atoms. The highest BCUT2D eigenvalue weighted by Crippen LogP contribution is 2.19. The molecular formula is C18H24N4O3. The minimum Gasteiger partial charge on any atom is -0.459 e. The van der Waals surface area contributed by atoms with Crippen molar-refractivity contribution >= 4 is 11.8 Å². The van der Waals surface area contributed by atoms with Gasteiger partial charge in [0.1, 0.15) is 0 Å². The molecule has 1 unspecified atom stereocenters. The molecule has 0 N–H and O–H groups in total. The molecule has 0 aliphatic carbocycles. The van der Waals surface area contributed by atoms with Crippen LogP contribution in [0.15, 0.2) is 22.8 Å². The number of rotatable bonds is 3. The van der Waals surface area contributed by atoms with E-state index in [1.807, 2.05) is 11.8 Å². The predicted molar refractivity (Wildman–Crippen MR) is 90.6 cm³/mol. The van der Waals surface area contributed by atoms with Crippen LogP contribution in [0.2, 0.25) is 0 Å². The summed E-state index contributed by atoms with van der Waals surface area (Å²) in [6, 6.07) is 5.50. The summed E-state index contributed by atoms with van der Waals surface area (Å²) in [6.07, 6.45) is 3.16. The lowest BCUT2D eigenvalue weighted by Crippen LogP contribution is -2.56. The third-order valence-corrected chi connectivity index (χ3v) is 5.23. The van der Waals surface area contributed by atoms with Gasteiger partial charge >= 0.3 is 0 Å². The zero-order chi connectivity index (χ0) is 17.8. The SMILES string of the molecule is CC(C(=O)N1CCN(C(=O)c2ccco2)CC1)N1CCC(C#N)CC1. The Morgan fingerprint density at radius 3 is 2.36 bits per heavy atom. The largest absolute Gasteiger partial charge is 0.459 e. The van der Waals surface area contributed by atoms with Crippen molar-refractivity contribution in [3.05, 3.63) is 24.2 Å². The van der Waals surface area contributed by atoms with Crippen molar-refractivity contribution < 1.29 is 14.0 Å². The first-order valence-corrected chi connectivity index (χ1v) is 8.85. The maximum Gasteiger partial charge on any atom is 0.289 e. The first kappa shape index (κ1) is 17.5. The monoisotopic (exact) mass is 344 g/mol. The van der Waals surface area contributed by atoms with E-state index < -0.39 is 0 Å². The number of nitrogens with zero attached hydrogens (tertiary/aromatic N) is 4. The number of carbonyl (C=O) groups is 2. The molecule has 2 saturated heterocycles. The Balaban J connectivity index is 1.50. The van der Waals surface area contributed by atoms with E-state index in [4.69, 9.17) is 9.68 Å². The summed E-state index contributed by atoms with van der Waals surface area (Å²) in [5.41, 5.74) is 0. The summed E-state index contributed by atoms with van der Waals surface area (Å²) in [7, 11) is 0. The molecule has 2 aliphatic rings. The summed E-state index contributed by atoms with van der Waals surface area (Å²) in [5.74, 6) is 0.451. The molecule has 1 atom stereocenters. The highest BCUT2D eigenvalue weighted by molar-refractivity contribution is 5.91. The van der Waals surface area contributed by atoms with E-state index in [1.165, 1.54) is 6.26 Å². The van der Waals surface area contributed by atoms with Gasteiger partial charge in [-0.05, 0) is 31.9 Å². The minimum absolute atomic E-state index is 0.112. The topological polar surface area (TPSA) is 80.8 Å². The second-order valence-electron chi connectivity index (χ2n) is 6.71. The molecule has 2 amide bonds. The van der Waals surface area contributed by atoms with Crippen molar-refractivity contribution in [1.82, 2.24) is 14.7 Å². The molecule has 2 aliphatic heterocycles. The molecule has 3 rings (SSSR count). The number of hydrogen-bond acceptors (Lipinski definition) is 5. The number of piperazine rings is 1. The lowest BCUT2D eigenvalue weighted by molar-refractivity contribution is -0.138. The molecule has 7 heteroatoms. The van der Waals surface area contributed by atoms with Crippen molar-refractivity contribution in [2.24, 2.45) is 5.92 Å². The van der Waals surface area contributed by atoms with E-state index in [1.54, 1.807) is 17.0 Å². The molecule has 1 aromatic heterocycles. The van der Waals surface area contributed by atoms with Crippen LogP contribution in [-0.2, 0) is 4.79 Å². The van der Waals surface area contributed by atoms with Crippen molar-refractivity contribution in [1.29, 1.82) is 5.26 Å². The second kappa shape index (κ2) is 7.70. The van der Waals surface area contributed by atoms with Gasteiger partial charge in [-0.1, -0.05) is 0 Å². The molecular weight excluding hydrogens is 320 g/mol. The molecule has 3 heterocycles. The van der Waals surface area contributed by atoms with Gasteiger partial charge in [0.2, 0.25) is 5.91 Å². The summed E-state index contributed by atoms with van der Waals surface area (Å²) in [5, 5.41) is 8.98. The first-order valence-electron chi connectivity index (χ1n) is 8.85. The van der Waals surface area contributed by atoms with Crippen molar-refractivity contribution in [2.75, 3.05) is 39.3 Å². The van der Waals surface area contributed by atoms with Crippen molar-refractivity contribution in [3.63, 3.8) is 0 Å². The lowest BCUT2D eigenvalue weighted by atomic mass is 9.97. The predicted octanol–water partition coefficient (Wildman–Crippen LogP) is 1.19. The van der Waals surface area contributed by atoms with E-state index in [0.717, 1.165) is 25.9 Å². The lowest BCUT2D eigenvalue weighted by Gasteiger charge is -2.39. The summed E-state index contributed by atoms with van der Waals surface area (Å²) >= 11 is 0. The Bertz CT molecular complexity index is 636. The van der Waals surface area contributed by atoms with Gasteiger partial charge in [0, 0.05) is 45.2 Å². The van der Waals surface area contributed by atoms with E-state index in [0.29, 0.717) is 31.9 Å². The summed E-state index contributed by atoms with van der Waals surface area (Å²) in [4.78, 5) is 30.8. The number of piperidine rings is 1. The Kier molecular flexibility index (Phi) is 5.39. The third kappa shape index (κ3) is 3.85. The normalized spacial score (nSPS) is 21.0. The van der Waals surface area contributed by atoms with Gasteiger partial charge in [-0.2, -0.15) is 5.26 Å². The number of furan rings is 1. The van der Waals surface area contributed by atoms with Gasteiger partial charge in [-0.15, -0.1) is 0 Å². The van der Waals surface area contributed by atoms with Crippen LogP contribution in [0, 0.1) is 17.2 Å². The highest BCUT2D eigenvalue weighted by Gasteiger charge is 2.32. The fourth-order valence-electron chi connectivity index (χ4n) is 3.52. The second-order valence-corrected chi connectivity index (χ2v) is 6.71. The molecule has 0 spiro atoms. The third-order valence-electron chi connectivity index (χ3n) is 5.23. The van der Waals surface area contributed by atoms with Crippen LogP contribution in [0.25, 0.3) is 0 Å². The first-order chi connectivity index (χ1) is 12.1.